The normalized spacial score (nSPS) is 19.9. The number of nitrogens with one attached hydrogen (secondary N) is 1. The molecule has 0 saturated carbocycles. The minimum absolute atomic E-state index is 0.0643. The Labute approximate surface area is 215 Å². The first-order valence-corrected chi connectivity index (χ1v) is 12.8. The van der Waals surface area contributed by atoms with Crippen LogP contribution in [0.25, 0.3) is 10.9 Å². The Hall–Kier alpha value is -3.17. The van der Waals surface area contributed by atoms with Gasteiger partial charge in [-0.15, -0.1) is 0 Å². The SMILES string of the molecule is CCC(=O)COc1cc2cc(Nc3nc(N4CC5CCCN5[C@H](C)C4)ncc3Cl)ccc2n(C)c1=O. The number of rotatable bonds is 7. The summed E-state index contributed by atoms with van der Waals surface area (Å²) in [6.45, 7) is 6.87. The van der Waals surface area contributed by atoms with Crippen LogP contribution in [-0.2, 0) is 11.8 Å². The highest BCUT2D eigenvalue weighted by atomic mass is 35.5. The average Bonchev–Trinajstić information content (AvgIpc) is 3.36. The lowest BCUT2D eigenvalue weighted by molar-refractivity contribution is -0.120. The molecule has 2 aromatic heterocycles. The predicted octanol–water partition coefficient (Wildman–Crippen LogP) is 3.76. The van der Waals surface area contributed by atoms with Gasteiger partial charge >= 0.3 is 0 Å². The van der Waals surface area contributed by atoms with Gasteiger partial charge in [0, 0.05) is 49.7 Å². The second-order valence-corrected chi connectivity index (χ2v) is 10.0. The van der Waals surface area contributed by atoms with Crippen molar-refractivity contribution in [1.82, 2.24) is 19.4 Å². The molecule has 4 heterocycles. The third-order valence-electron chi connectivity index (χ3n) is 7.16. The molecule has 2 fully saturated rings. The molecule has 36 heavy (non-hydrogen) atoms. The number of anilines is 3. The van der Waals surface area contributed by atoms with E-state index >= 15 is 0 Å². The molecule has 9 nitrogen and oxygen atoms in total. The summed E-state index contributed by atoms with van der Waals surface area (Å²) in [4.78, 5) is 38.4. The molecule has 2 aliphatic heterocycles. The van der Waals surface area contributed by atoms with Crippen LogP contribution in [0.1, 0.15) is 33.1 Å². The van der Waals surface area contributed by atoms with E-state index in [1.54, 1.807) is 26.2 Å². The van der Waals surface area contributed by atoms with Gasteiger partial charge in [0.2, 0.25) is 5.95 Å². The van der Waals surface area contributed by atoms with Crippen LogP contribution in [0.4, 0.5) is 17.5 Å². The van der Waals surface area contributed by atoms with Crippen molar-refractivity contribution >= 4 is 45.7 Å². The molecule has 1 unspecified atom stereocenters. The summed E-state index contributed by atoms with van der Waals surface area (Å²) in [7, 11) is 1.69. The topological polar surface area (TPSA) is 92.6 Å². The minimum atomic E-state index is -0.285. The van der Waals surface area contributed by atoms with Gasteiger partial charge in [0.1, 0.15) is 11.6 Å². The molecule has 0 radical (unpaired) electrons. The molecule has 190 valence electrons. The molecular formula is C26H31ClN6O3. The summed E-state index contributed by atoms with van der Waals surface area (Å²) >= 11 is 6.47. The molecule has 1 N–H and O–H groups in total. The van der Waals surface area contributed by atoms with Gasteiger partial charge in [-0.2, -0.15) is 4.98 Å². The standard InChI is InChI=1S/C26H31ClN6O3/c1-4-20(34)15-36-23-11-17-10-18(7-8-22(17)31(3)25(23)35)29-24-21(27)12-28-26(30-24)32-13-16(2)33-9-5-6-19(33)14-32/h7-8,10-12,16,19H,4-6,9,13-15H2,1-3H3,(H,28,29,30)/t16-,19?/m1/s1. The quantitative estimate of drug-likeness (QED) is 0.513. The summed E-state index contributed by atoms with van der Waals surface area (Å²) in [5, 5.41) is 4.53. The number of aromatic nitrogens is 3. The van der Waals surface area contributed by atoms with Crippen LogP contribution in [0.3, 0.4) is 0 Å². The maximum absolute atomic E-state index is 12.7. The Morgan fingerprint density at radius 3 is 2.92 bits per heavy atom. The van der Waals surface area contributed by atoms with Gasteiger partial charge in [-0.05, 0) is 50.6 Å². The van der Waals surface area contributed by atoms with Crippen molar-refractivity contribution < 1.29 is 9.53 Å². The van der Waals surface area contributed by atoms with E-state index in [-0.39, 0.29) is 23.7 Å². The number of fused-ring (bicyclic) bond motifs is 2. The maximum Gasteiger partial charge on any atom is 0.293 e. The number of pyridine rings is 1. The zero-order valence-electron chi connectivity index (χ0n) is 20.8. The number of halogens is 1. The number of carbonyl (C=O) groups excluding carboxylic acids is 1. The smallest absolute Gasteiger partial charge is 0.293 e. The van der Waals surface area contributed by atoms with Crippen LogP contribution in [0, 0.1) is 0 Å². The van der Waals surface area contributed by atoms with Gasteiger partial charge in [0.25, 0.3) is 5.56 Å². The van der Waals surface area contributed by atoms with Crippen LogP contribution < -0.4 is 20.5 Å². The van der Waals surface area contributed by atoms with Crippen molar-refractivity contribution in [2.45, 2.75) is 45.2 Å². The van der Waals surface area contributed by atoms with Gasteiger partial charge in [0.15, 0.2) is 17.4 Å². The molecule has 10 heteroatoms. The Balaban J connectivity index is 1.40. The molecule has 5 rings (SSSR count). The Kier molecular flexibility index (Phi) is 6.85. The molecular weight excluding hydrogens is 480 g/mol. The fourth-order valence-electron chi connectivity index (χ4n) is 5.18. The summed E-state index contributed by atoms with van der Waals surface area (Å²) in [5.74, 6) is 1.27. The fraction of sp³-hybridized carbons (Fsp3) is 0.462. The number of Topliss-reactive ketones (excluding diaryl/α,β-unsaturated/α-hetero) is 1. The van der Waals surface area contributed by atoms with Crippen molar-refractivity contribution in [3.8, 4) is 5.75 Å². The monoisotopic (exact) mass is 510 g/mol. The number of hydrogen-bond acceptors (Lipinski definition) is 8. The van der Waals surface area contributed by atoms with Gasteiger partial charge in [0.05, 0.1) is 11.7 Å². The van der Waals surface area contributed by atoms with Gasteiger partial charge < -0.3 is 19.5 Å². The van der Waals surface area contributed by atoms with Gasteiger partial charge in [-0.3, -0.25) is 14.5 Å². The van der Waals surface area contributed by atoms with Crippen molar-refractivity contribution in [3.05, 3.63) is 45.8 Å². The minimum Gasteiger partial charge on any atom is -0.480 e. The zero-order valence-corrected chi connectivity index (χ0v) is 21.6. The van der Waals surface area contributed by atoms with Crippen molar-refractivity contribution in [2.24, 2.45) is 7.05 Å². The first-order chi connectivity index (χ1) is 17.3. The molecule has 0 bridgehead atoms. The summed E-state index contributed by atoms with van der Waals surface area (Å²) in [5.41, 5.74) is 1.22. The molecule has 1 aromatic carbocycles. The van der Waals surface area contributed by atoms with E-state index in [0.29, 0.717) is 35.3 Å². The van der Waals surface area contributed by atoms with Crippen LogP contribution in [0.5, 0.6) is 5.75 Å². The van der Waals surface area contributed by atoms with E-state index in [2.05, 4.69) is 27.0 Å². The number of hydrogen-bond donors (Lipinski definition) is 1. The van der Waals surface area contributed by atoms with Gasteiger partial charge in [-0.25, -0.2) is 4.98 Å². The lowest BCUT2D eigenvalue weighted by atomic mass is 10.1. The summed E-state index contributed by atoms with van der Waals surface area (Å²) < 4.78 is 7.04. The first-order valence-electron chi connectivity index (χ1n) is 12.4. The third kappa shape index (κ3) is 4.77. The second kappa shape index (κ2) is 10.1. The number of piperazine rings is 1. The first kappa shape index (κ1) is 24.5. The molecule has 0 amide bonds. The molecule has 0 spiro atoms. The number of carbonyl (C=O) groups is 1. The third-order valence-corrected chi connectivity index (χ3v) is 7.43. The highest BCUT2D eigenvalue weighted by Crippen LogP contribution is 2.31. The zero-order chi connectivity index (χ0) is 25.4. The molecule has 2 atom stereocenters. The lowest BCUT2D eigenvalue weighted by Crippen LogP contribution is -2.55. The lowest BCUT2D eigenvalue weighted by Gasteiger charge is -2.42. The van der Waals surface area contributed by atoms with E-state index in [4.69, 9.17) is 21.3 Å². The molecule has 2 saturated heterocycles. The highest BCUT2D eigenvalue weighted by Gasteiger charge is 2.36. The maximum atomic E-state index is 12.7. The average molecular weight is 511 g/mol. The van der Waals surface area contributed by atoms with Crippen LogP contribution in [-0.4, -0.2) is 63.5 Å². The second-order valence-electron chi connectivity index (χ2n) is 9.61. The fourth-order valence-corrected chi connectivity index (χ4v) is 5.32. The van der Waals surface area contributed by atoms with Gasteiger partial charge in [-0.1, -0.05) is 18.5 Å². The van der Waals surface area contributed by atoms with E-state index in [0.717, 1.165) is 29.7 Å². The summed E-state index contributed by atoms with van der Waals surface area (Å²) in [6, 6.07) is 8.30. The van der Waals surface area contributed by atoms with E-state index in [1.165, 1.54) is 24.0 Å². The van der Waals surface area contributed by atoms with Crippen molar-refractivity contribution in [3.63, 3.8) is 0 Å². The van der Waals surface area contributed by atoms with E-state index < -0.39 is 0 Å². The van der Waals surface area contributed by atoms with Crippen molar-refractivity contribution in [2.75, 3.05) is 36.5 Å². The number of ether oxygens (including phenoxy) is 1. The Bertz CT molecular complexity index is 1360. The molecule has 3 aromatic rings. The highest BCUT2D eigenvalue weighted by molar-refractivity contribution is 6.32. The number of ketones is 1. The van der Waals surface area contributed by atoms with Crippen LogP contribution in [0.2, 0.25) is 5.02 Å². The van der Waals surface area contributed by atoms with E-state index in [1.807, 2.05) is 18.2 Å². The predicted molar refractivity (Wildman–Crippen MR) is 142 cm³/mol. The van der Waals surface area contributed by atoms with Crippen molar-refractivity contribution in [1.29, 1.82) is 0 Å². The van der Waals surface area contributed by atoms with Crippen LogP contribution in [0.15, 0.2) is 35.3 Å². The number of benzene rings is 1. The Morgan fingerprint density at radius 2 is 2.11 bits per heavy atom. The van der Waals surface area contributed by atoms with E-state index in [9.17, 15) is 9.59 Å². The molecule has 0 aliphatic carbocycles. The number of aryl methyl sites for hydroxylation is 1. The largest absolute Gasteiger partial charge is 0.480 e. The summed E-state index contributed by atoms with van der Waals surface area (Å²) in [6.07, 6.45) is 4.45. The Morgan fingerprint density at radius 1 is 1.28 bits per heavy atom. The number of nitrogens with zero attached hydrogens (tertiary/aromatic N) is 5. The van der Waals surface area contributed by atoms with Crippen LogP contribution >= 0.6 is 11.6 Å². The molecule has 2 aliphatic rings.